The average molecular weight is 301 g/mol. The molecule has 0 aliphatic carbocycles. The molecule has 0 radical (unpaired) electrons. The van der Waals surface area contributed by atoms with Crippen molar-refractivity contribution in [1.29, 1.82) is 0 Å². The highest BCUT2D eigenvalue weighted by Gasteiger charge is 2.09. The molecule has 0 atom stereocenters. The van der Waals surface area contributed by atoms with Gasteiger partial charge in [0.25, 0.3) is 0 Å². The van der Waals surface area contributed by atoms with Crippen LogP contribution in [0.3, 0.4) is 0 Å². The van der Waals surface area contributed by atoms with Crippen LogP contribution in [0, 0.1) is 13.8 Å². The first-order chi connectivity index (χ1) is 10.4. The van der Waals surface area contributed by atoms with Crippen LogP contribution in [0.15, 0.2) is 29.1 Å². The quantitative estimate of drug-likeness (QED) is 0.829. The number of carbonyl (C=O) groups excluding carboxylic acids is 2. The molecule has 116 valence electrons. The van der Waals surface area contributed by atoms with Gasteiger partial charge < -0.3 is 10.3 Å². The summed E-state index contributed by atoms with van der Waals surface area (Å²) in [5.41, 5.74) is 2.68. The minimum Gasteiger partial charge on any atom is -0.326 e. The summed E-state index contributed by atoms with van der Waals surface area (Å²) in [5.74, 6) is -0.198. The highest BCUT2D eigenvalue weighted by molar-refractivity contribution is 5.95. The van der Waals surface area contributed by atoms with Gasteiger partial charge in [0.2, 0.25) is 5.91 Å². The normalized spacial score (nSPS) is 10.5. The summed E-state index contributed by atoms with van der Waals surface area (Å²) < 4.78 is 1.55. The highest BCUT2D eigenvalue weighted by Crippen LogP contribution is 2.10. The van der Waals surface area contributed by atoms with Gasteiger partial charge in [-0.15, -0.1) is 0 Å². The lowest BCUT2D eigenvalue weighted by Crippen LogP contribution is -2.22. The number of anilines is 1. The Morgan fingerprint density at radius 2 is 1.82 bits per heavy atom. The van der Waals surface area contributed by atoms with Crippen LogP contribution in [0.1, 0.15) is 35.1 Å². The number of nitrogens with one attached hydrogen (secondary N) is 2. The van der Waals surface area contributed by atoms with Gasteiger partial charge >= 0.3 is 5.69 Å². The fourth-order valence-corrected chi connectivity index (χ4v) is 2.17. The van der Waals surface area contributed by atoms with Crippen LogP contribution in [0.2, 0.25) is 0 Å². The van der Waals surface area contributed by atoms with Gasteiger partial charge in [0.05, 0.1) is 0 Å². The van der Waals surface area contributed by atoms with E-state index >= 15 is 0 Å². The van der Waals surface area contributed by atoms with Gasteiger partial charge in [-0.1, -0.05) is 0 Å². The van der Waals surface area contributed by atoms with Gasteiger partial charge in [-0.3, -0.25) is 14.2 Å². The Balaban J connectivity index is 1.95. The minimum atomic E-state index is -0.200. The number of imidazole rings is 1. The van der Waals surface area contributed by atoms with Gasteiger partial charge in [-0.2, -0.15) is 0 Å². The summed E-state index contributed by atoms with van der Waals surface area (Å²) in [6.45, 7) is 5.48. The van der Waals surface area contributed by atoms with Crippen molar-refractivity contribution in [1.82, 2.24) is 9.55 Å². The predicted molar refractivity (Wildman–Crippen MR) is 84.2 cm³/mol. The Morgan fingerprint density at radius 3 is 2.32 bits per heavy atom. The lowest BCUT2D eigenvalue weighted by Gasteiger charge is -2.07. The number of hydrogen-bond donors (Lipinski definition) is 2. The molecule has 0 fully saturated rings. The van der Waals surface area contributed by atoms with Crippen molar-refractivity contribution in [2.75, 3.05) is 5.32 Å². The Kier molecular flexibility index (Phi) is 4.60. The van der Waals surface area contributed by atoms with E-state index in [0.29, 0.717) is 17.8 Å². The standard InChI is InChI=1S/C16H19N3O3/c1-10-11(2)19(16(22)17-10)9-8-15(21)18-14-6-4-13(5-7-14)12(3)20/h4-7H,8-9H2,1-3H3,(H,17,22)(H,18,21). The largest absolute Gasteiger partial charge is 0.326 e. The number of H-pyrrole nitrogens is 1. The second-order valence-corrected chi connectivity index (χ2v) is 5.22. The molecular formula is C16H19N3O3. The Hall–Kier alpha value is -2.63. The highest BCUT2D eigenvalue weighted by atomic mass is 16.2. The number of rotatable bonds is 5. The molecule has 6 nitrogen and oxygen atoms in total. The predicted octanol–water partition coefficient (Wildman–Crippen LogP) is 2.02. The van der Waals surface area contributed by atoms with Crippen molar-refractivity contribution in [2.24, 2.45) is 0 Å². The van der Waals surface area contributed by atoms with Crippen LogP contribution in [-0.4, -0.2) is 21.2 Å². The number of ketones is 1. The summed E-state index contributed by atoms with van der Waals surface area (Å²) in [5, 5.41) is 2.75. The molecule has 1 aromatic carbocycles. The van der Waals surface area contributed by atoms with Gasteiger partial charge in [0, 0.05) is 35.6 Å². The van der Waals surface area contributed by atoms with Crippen LogP contribution >= 0.6 is 0 Å². The summed E-state index contributed by atoms with van der Waals surface area (Å²) in [6.07, 6.45) is 0.201. The number of benzene rings is 1. The zero-order valence-electron chi connectivity index (χ0n) is 12.9. The van der Waals surface area contributed by atoms with Crippen molar-refractivity contribution in [3.63, 3.8) is 0 Å². The SMILES string of the molecule is CC(=O)c1ccc(NC(=O)CCn2c(C)c(C)[nH]c2=O)cc1. The maximum Gasteiger partial charge on any atom is 0.325 e. The third kappa shape index (κ3) is 3.52. The number of amides is 1. The molecule has 1 aromatic heterocycles. The Bertz CT molecular complexity index is 754. The number of nitrogens with zero attached hydrogens (tertiary/aromatic N) is 1. The third-order valence-electron chi connectivity index (χ3n) is 3.62. The average Bonchev–Trinajstić information content (AvgIpc) is 2.70. The molecule has 6 heteroatoms. The number of hydrogen-bond acceptors (Lipinski definition) is 3. The molecule has 2 aromatic rings. The third-order valence-corrected chi connectivity index (χ3v) is 3.62. The van der Waals surface area contributed by atoms with Crippen molar-refractivity contribution < 1.29 is 9.59 Å². The molecule has 0 saturated heterocycles. The van der Waals surface area contributed by atoms with E-state index in [1.165, 1.54) is 6.92 Å². The van der Waals surface area contributed by atoms with E-state index in [2.05, 4.69) is 10.3 Å². The fourth-order valence-electron chi connectivity index (χ4n) is 2.17. The Morgan fingerprint density at radius 1 is 1.18 bits per heavy atom. The second-order valence-electron chi connectivity index (χ2n) is 5.22. The molecule has 0 unspecified atom stereocenters. The first-order valence-corrected chi connectivity index (χ1v) is 7.05. The second kappa shape index (κ2) is 6.43. The summed E-state index contributed by atoms with van der Waals surface area (Å²) in [6, 6.07) is 6.71. The topological polar surface area (TPSA) is 84.0 Å². The van der Waals surface area contributed by atoms with E-state index < -0.39 is 0 Å². The van der Waals surface area contributed by atoms with Gasteiger partial charge in [-0.05, 0) is 45.0 Å². The number of Topliss-reactive ketones (excluding diaryl/α,β-unsaturated/α-hetero) is 1. The zero-order valence-corrected chi connectivity index (χ0v) is 12.9. The van der Waals surface area contributed by atoms with Crippen LogP contribution in [-0.2, 0) is 11.3 Å². The molecule has 1 amide bonds. The van der Waals surface area contributed by atoms with E-state index in [0.717, 1.165) is 11.4 Å². The van der Waals surface area contributed by atoms with Crippen molar-refractivity contribution in [3.8, 4) is 0 Å². The van der Waals surface area contributed by atoms with Crippen molar-refractivity contribution >= 4 is 17.4 Å². The smallest absolute Gasteiger partial charge is 0.325 e. The van der Waals surface area contributed by atoms with Crippen LogP contribution < -0.4 is 11.0 Å². The number of carbonyl (C=O) groups is 2. The molecule has 0 spiro atoms. The summed E-state index contributed by atoms with van der Waals surface area (Å²) >= 11 is 0. The van der Waals surface area contributed by atoms with Gasteiger partial charge in [-0.25, -0.2) is 4.79 Å². The summed E-state index contributed by atoms with van der Waals surface area (Å²) in [7, 11) is 0. The monoisotopic (exact) mass is 301 g/mol. The molecule has 0 aliphatic rings. The van der Waals surface area contributed by atoms with E-state index in [4.69, 9.17) is 0 Å². The zero-order chi connectivity index (χ0) is 16.3. The molecule has 0 saturated carbocycles. The lowest BCUT2D eigenvalue weighted by molar-refractivity contribution is -0.116. The van der Waals surface area contributed by atoms with Crippen LogP contribution in [0.25, 0.3) is 0 Å². The number of aromatic amines is 1. The fraction of sp³-hybridized carbons (Fsp3) is 0.312. The van der Waals surface area contributed by atoms with E-state index in [-0.39, 0.29) is 23.8 Å². The number of aryl methyl sites for hydroxylation is 1. The molecule has 0 bridgehead atoms. The molecule has 0 aliphatic heterocycles. The molecule has 1 heterocycles. The molecule has 2 rings (SSSR count). The van der Waals surface area contributed by atoms with Crippen LogP contribution in [0.4, 0.5) is 5.69 Å². The molecular weight excluding hydrogens is 282 g/mol. The summed E-state index contributed by atoms with van der Waals surface area (Å²) in [4.78, 5) is 37.5. The molecule has 22 heavy (non-hydrogen) atoms. The maximum absolute atomic E-state index is 11.9. The van der Waals surface area contributed by atoms with Gasteiger partial charge in [0.15, 0.2) is 5.78 Å². The maximum atomic E-state index is 11.9. The molecule has 2 N–H and O–H groups in total. The van der Waals surface area contributed by atoms with Gasteiger partial charge in [0.1, 0.15) is 0 Å². The Labute approximate surface area is 128 Å². The first kappa shape index (κ1) is 15.8. The lowest BCUT2D eigenvalue weighted by atomic mass is 10.1. The minimum absolute atomic E-state index is 0.0180. The van der Waals surface area contributed by atoms with E-state index in [1.54, 1.807) is 28.8 Å². The number of aromatic nitrogens is 2. The van der Waals surface area contributed by atoms with E-state index in [9.17, 15) is 14.4 Å². The van der Waals surface area contributed by atoms with Crippen molar-refractivity contribution in [3.05, 3.63) is 51.7 Å². The van der Waals surface area contributed by atoms with Crippen molar-refractivity contribution in [2.45, 2.75) is 33.7 Å². The van der Waals surface area contributed by atoms with E-state index in [1.807, 2.05) is 13.8 Å². The van der Waals surface area contributed by atoms with Crippen LogP contribution in [0.5, 0.6) is 0 Å². The first-order valence-electron chi connectivity index (χ1n) is 7.05.